The predicted octanol–water partition coefficient (Wildman–Crippen LogP) is 6.96. The molecular formula is C44H55N9O5S. The number of hydrogen-bond donors (Lipinski definition) is 5. The summed E-state index contributed by atoms with van der Waals surface area (Å²) in [4.78, 5) is 24.4. The van der Waals surface area contributed by atoms with Crippen molar-refractivity contribution in [3.05, 3.63) is 65.1 Å². The van der Waals surface area contributed by atoms with Crippen LogP contribution in [0.2, 0.25) is 0 Å². The minimum atomic E-state index is -1.09. The summed E-state index contributed by atoms with van der Waals surface area (Å²) in [5, 5.41) is 51.0. The number of anilines is 4. The number of aliphatic hydroxyl groups excluding tert-OH is 2. The number of nitrogens with zero attached hydrogens (tertiary/aromatic N) is 7. The van der Waals surface area contributed by atoms with Crippen molar-refractivity contribution in [1.82, 2.24) is 35.3 Å². The molecule has 5 aliphatic rings. The van der Waals surface area contributed by atoms with E-state index in [1.807, 2.05) is 55.1 Å². The molecule has 4 fully saturated rings. The molecule has 0 saturated heterocycles. The lowest BCUT2D eigenvalue weighted by Crippen LogP contribution is -2.64. The molecule has 5 heterocycles. The minimum absolute atomic E-state index is 0.00724. The maximum atomic E-state index is 12.9. The maximum Gasteiger partial charge on any atom is 0.355 e. The molecule has 0 amide bonds. The number of rotatable bonds is 15. The molecule has 0 radical (unpaired) electrons. The van der Waals surface area contributed by atoms with E-state index in [0.29, 0.717) is 55.7 Å². The van der Waals surface area contributed by atoms with Crippen molar-refractivity contribution in [3.63, 3.8) is 0 Å². The summed E-state index contributed by atoms with van der Waals surface area (Å²) in [5.74, 6) is 0.782. The number of fused-ring (bicyclic) bond motifs is 2. The average Bonchev–Trinajstić information content (AvgIpc) is 3.76. The van der Waals surface area contributed by atoms with Crippen molar-refractivity contribution < 1.29 is 24.9 Å². The van der Waals surface area contributed by atoms with Gasteiger partial charge in [0.1, 0.15) is 5.82 Å². The molecule has 5 aromatic rings. The molecule has 4 saturated carbocycles. The zero-order valence-electron chi connectivity index (χ0n) is 34.4. The van der Waals surface area contributed by atoms with E-state index >= 15 is 0 Å². The van der Waals surface area contributed by atoms with Crippen LogP contribution >= 0.6 is 11.3 Å². The molecule has 312 valence electrons. The fourth-order valence-corrected chi connectivity index (χ4v) is 13.0. The minimum Gasteiger partial charge on any atom is -0.476 e. The van der Waals surface area contributed by atoms with Crippen molar-refractivity contribution in [2.75, 3.05) is 43.1 Å². The van der Waals surface area contributed by atoms with E-state index in [-0.39, 0.29) is 34.1 Å². The van der Waals surface area contributed by atoms with Gasteiger partial charge in [0.15, 0.2) is 22.5 Å². The van der Waals surface area contributed by atoms with Gasteiger partial charge < -0.3 is 35.6 Å². The van der Waals surface area contributed by atoms with E-state index in [1.54, 1.807) is 17.5 Å². The molecule has 5 atom stereocenters. The Labute approximate surface area is 348 Å². The molecule has 1 aromatic carbocycles. The van der Waals surface area contributed by atoms with Crippen LogP contribution in [-0.2, 0) is 17.7 Å². The first kappa shape index (κ1) is 39.9. The number of aromatic nitrogens is 6. The first-order chi connectivity index (χ1) is 28.3. The van der Waals surface area contributed by atoms with E-state index in [2.05, 4.69) is 39.4 Å². The summed E-state index contributed by atoms with van der Waals surface area (Å²) >= 11 is 1.57. The predicted molar refractivity (Wildman–Crippen MR) is 228 cm³/mol. The Balaban J connectivity index is 0.940. The van der Waals surface area contributed by atoms with Crippen LogP contribution in [0.5, 0.6) is 0 Å². The van der Waals surface area contributed by atoms with Crippen molar-refractivity contribution in [1.29, 1.82) is 0 Å². The third kappa shape index (κ3) is 7.60. The van der Waals surface area contributed by atoms with E-state index in [0.717, 1.165) is 89.2 Å². The van der Waals surface area contributed by atoms with Crippen LogP contribution in [0.15, 0.2) is 42.6 Å². The SMILES string of the molecule is Cc1c(Nc2nc3ccccc3s2)nnc2c1CCCN2c1ccc(-c2cnn(C[C@]34C[C@]5(C)C[C@](C)(C3)C[C@@](OCCNCC[C@H](O)CO)(C5)C4)c2C)c(C(=O)O)n1. The number of ether oxygens (including phenoxy) is 1. The van der Waals surface area contributed by atoms with Crippen molar-refractivity contribution in [2.45, 2.75) is 104 Å². The summed E-state index contributed by atoms with van der Waals surface area (Å²) in [7, 11) is 0. The number of nitrogens with one attached hydrogen (secondary N) is 2. The van der Waals surface area contributed by atoms with Crippen molar-refractivity contribution >= 4 is 50.1 Å². The van der Waals surface area contributed by atoms with Crippen LogP contribution in [0, 0.1) is 30.1 Å². The number of carbonyl (C=O) groups is 1. The topological polar surface area (TPSA) is 184 Å². The summed E-state index contributed by atoms with van der Waals surface area (Å²) in [6, 6.07) is 11.8. The fourth-order valence-electron chi connectivity index (χ4n) is 12.1. The molecule has 0 spiro atoms. The Morgan fingerprint density at radius 3 is 2.54 bits per heavy atom. The zero-order valence-corrected chi connectivity index (χ0v) is 35.2. The lowest BCUT2D eigenvalue weighted by molar-refractivity contribution is -0.247. The number of hydrogen-bond acceptors (Lipinski definition) is 13. The standard InChI is InChI=1S/C44H55N9O5S/c1-27-30-8-7-16-52(38(30)51-50-37(27)49-40-47-33-9-5-6-10-34(33)59-40)35-12-11-31(36(48-35)39(56)57)32-18-46-53(28(32)2)26-43-21-41(3)20-42(4,22-43)24-44(23-41,25-43)58-17-15-45-14-13-29(55)19-54/h5-6,9-12,18,29,45,54-55H,7-8,13-17,19-26H2,1-4H3,(H,56,57)(H,47,49,50)/t29-,41-,42+,43+,44-/m0/s1. The second-order valence-electron chi connectivity index (χ2n) is 18.6. The number of thiazole rings is 1. The quantitative estimate of drug-likeness (QED) is 0.0685. The van der Waals surface area contributed by atoms with Gasteiger partial charge in [0.05, 0.1) is 41.3 Å². The van der Waals surface area contributed by atoms with E-state index in [4.69, 9.17) is 24.9 Å². The Hall–Kier alpha value is -4.54. The number of pyridine rings is 1. The van der Waals surface area contributed by atoms with Crippen LogP contribution in [0.3, 0.4) is 0 Å². The Kier molecular flexibility index (Phi) is 10.3. The van der Waals surface area contributed by atoms with Gasteiger partial charge in [-0.05, 0) is 119 Å². The van der Waals surface area contributed by atoms with Crippen LogP contribution in [-0.4, -0.2) is 95.8 Å². The van der Waals surface area contributed by atoms with Gasteiger partial charge in [-0.2, -0.15) is 5.10 Å². The van der Waals surface area contributed by atoms with Gasteiger partial charge in [-0.15, -0.1) is 10.2 Å². The lowest BCUT2D eigenvalue weighted by atomic mass is 9.39. The summed E-state index contributed by atoms with van der Waals surface area (Å²) in [6.07, 6.45) is 9.80. The first-order valence-electron chi connectivity index (χ1n) is 21.0. The molecule has 14 nitrogen and oxygen atoms in total. The summed E-state index contributed by atoms with van der Waals surface area (Å²) in [5.41, 5.74) is 5.36. The highest BCUT2D eigenvalue weighted by Gasteiger charge is 2.66. The van der Waals surface area contributed by atoms with Gasteiger partial charge in [-0.1, -0.05) is 37.3 Å². The van der Waals surface area contributed by atoms with Crippen LogP contribution < -0.4 is 15.5 Å². The number of carboxylic acids is 1. The van der Waals surface area contributed by atoms with E-state index in [1.165, 1.54) is 6.42 Å². The van der Waals surface area contributed by atoms with Crippen LogP contribution in [0.25, 0.3) is 21.3 Å². The van der Waals surface area contributed by atoms with Gasteiger partial charge in [0.25, 0.3) is 0 Å². The third-order valence-corrected chi connectivity index (χ3v) is 14.3. The molecule has 0 unspecified atom stereocenters. The van der Waals surface area contributed by atoms with Gasteiger partial charge in [-0.25, -0.2) is 14.8 Å². The number of benzene rings is 1. The summed E-state index contributed by atoms with van der Waals surface area (Å²) in [6.45, 7) is 12.0. The molecule has 15 heteroatoms. The van der Waals surface area contributed by atoms with Gasteiger partial charge in [-0.3, -0.25) is 4.68 Å². The zero-order chi connectivity index (χ0) is 41.2. The monoisotopic (exact) mass is 821 g/mol. The maximum absolute atomic E-state index is 12.9. The molecular weight excluding hydrogens is 767 g/mol. The molecule has 59 heavy (non-hydrogen) atoms. The third-order valence-electron chi connectivity index (χ3n) is 13.3. The smallest absolute Gasteiger partial charge is 0.355 e. The Morgan fingerprint density at radius 2 is 1.78 bits per heavy atom. The molecule has 5 N–H and O–H groups in total. The normalized spacial score (nSPS) is 26.4. The first-order valence-corrected chi connectivity index (χ1v) is 21.8. The van der Waals surface area contributed by atoms with Gasteiger partial charge >= 0.3 is 5.97 Å². The lowest BCUT2D eigenvalue weighted by Gasteiger charge is -2.69. The highest BCUT2D eigenvalue weighted by molar-refractivity contribution is 7.22. The Bertz CT molecular complexity index is 2350. The molecule has 1 aliphatic heterocycles. The molecule has 4 aromatic heterocycles. The Morgan fingerprint density at radius 1 is 0.983 bits per heavy atom. The molecule has 4 aliphatic carbocycles. The van der Waals surface area contributed by atoms with Crippen LogP contribution in [0.1, 0.15) is 92.5 Å². The fraction of sp³-hybridized carbons (Fsp3) is 0.545. The number of aliphatic hydroxyl groups is 2. The second kappa shape index (κ2) is 15.2. The number of aromatic carboxylic acids is 1. The van der Waals surface area contributed by atoms with Crippen molar-refractivity contribution in [3.8, 4) is 11.1 Å². The second-order valence-corrected chi connectivity index (χ2v) is 19.6. The molecule has 10 rings (SSSR count). The number of para-hydroxylation sites is 1. The largest absolute Gasteiger partial charge is 0.476 e. The number of carboxylic acid groups (broad SMARTS) is 1. The molecule has 4 bridgehead atoms. The highest BCUT2D eigenvalue weighted by Crippen LogP contribution is 2.72. The highest BCUT2D eigenvalue weighted by atomic mass is 32.1. The van der Waals surface area contributed by atoms with Gasteiger partial charge in [0, 0.05) is 47.6 Å². The van der Waals surface area contributed by atoms with Crippen molar-refractivity contribution in [2.24, 2.45) is 16.2 Å². The van der Waals surface area contributed by atoms with E-state index < -0.39 is 12.1 Å². The van der Waals surface area contributed by atoms with E-state index in [9.17, 15) is 15.0 Å². The van der Waals surface area contributed by atoms with Crippen LogP contribution in [0.4, 0.5) is 22.6 Å². The average molecular weight is 822 g/mol. The summed E-state index contributed by atoms with van der Waals surface area (Å²) < 4.78 is 10.0. The van der Waals surface area contributed by atoms with Gasteiger partial charge in [0.2, 0.25) is 0 Å².